The van der Waals surface area contributed by atoms with Gasteiger partial charge in [-0.15, -0.1) is 0 Å². The Morgan fingerprint density at radius 1 is 1.00 bits per heavy atom. The van der Waals surface area contributed by atoms with Crippen LogP contribution in [0.1, 0.15) is 65.2 Å². The monoisotopic (exact) mass is 292 g/mol. The number of nitrogens with zero attached hydrogens (tertiary/aromatic N) is 1. The molecule has 1 heterocycles. The van der Waals surface area contributed by atoms with Gasteiger partial charge in [0.2, 0.25) is 11.8 Å². The molecule has 0 aromatic rings. The average Bonchev–Trinajstić information content (AvgIpc) is 3.25. The Kier molecular flexibility index (Phi) is 4.23. The van der Waals surface area contributed by atoms with Gasteiger partial charge in [0.25, 0.3) is 0 Å². The van der Waals surface area contributed by atoms with Crippen LogP contribution in [0.2, 0.25) is 0 Å². The predicted molar refractivity (Wildman–Crippen MR) is 81.6 cm³/mol. The molecule has 1 saturated heterocycles. The molecule has 2 unspecified atom stereocenters. The van der Waals surface area contributed by atoms with E-state index in [1.54, 1.807) is 0 Å². The zero-order valence-corrected chi connectivity index (χ0v) is 13.3. The van der Waals surface area contributed by atoms with Gasteiger partial charge < -0.3 is 10.2 Å². The maximum atomic E-state index is 13.0. The van der Waals surface area contributed by atoms with Gasteiger partial charge >= 0.3 is 0 Å². The fourth-order valence-corrected chi connectivity index (χ4v) is 3.97. The molecule has 21 heavy (non-hydrogen) atoms. The van der Waals surface area contributed by atoms with Crippen LogP contribution in [0.3, 0.4) is 0 Å². The van der Waals surface area contributed by atoms with Crippen LogP contribution in [0, 0.1) is 11.8 Å². The second-order valence-electron chi connectivity index (χ2n) is 7.40. The molecule has 2 saturated carbocycles. The van der Waals surface area contributed by atoms with Gasteiger partial charge in [0, 0.05) is 6.04 Å². The molecular formula is C17H28N2O2. The maximum absolute atomic E-state index is 13.0. The number of carbonyl (C=O) groups is 2. The van der Waals surface area contributed by atoms with Crippen molar-refractivity contribution < 1.29 is 9.59 Å². The smallest absolute Gasteiger partial charge is 0.246 e. The van der Waals surface area contributed by atoms with Crippen LogP contribution in [0.4, 0.5) is 0 Å². The summed E-state index contributed by atoms with van der Waals surface area (Å²) in [6.45, 7) is 4.04. The van der Waals surface area contributed by atoms with Crippen molar-refractivity contribution in [3.05, 3.63) is 0 Å². The van der Waals surface area contributed by atoms with Gasteiger partial charge in [-0.2, -0.15) is 0 Å². The Morgan fingerprint density at radius 2 is 1.62 bits per heavy atom. The van der Waals surface area contributed by atoms with Crippen LogP contribution in [0.25, 0.3) is 0 Å². The van der Waals surface area contributed by atoms with E-state index in [2.05, 4.69) is 5.32 Å². The lowest BCUT2D eigenvalue weighted by Crippen LogP contribution is -2.67. The molecular weight excluding hydrogens is 264 g/mol. The largest absolute Gasteiger partial charge is 0.342 e. The summed E-state index contributed by atoms with van der Waals surface area (Å²) in [5, 5.41) is 2.99. The molecule has 4 heteroatoms. The van der Waals surface area contributed by atoms with Crippen LogP contribution in [-0.4, -0.2) is 34.8 Å². The van der Waals surface area contributed by atoms with Gasteiger partial charge in [0.15, 0.2) is 0 Å². The van der Waals surface area contributed by atoms with E-state index in [0.29, 0.717) is 5.92 Å². The molecule has 1 aliphatic heterocycles. The third-order valence-electron chi connectivity index (χ3n) is 5.34. The van der Waals surface area contributed by atoms with Crippen molar-refractivity contribution >= 4 is 11.8 Å². The summed E-state index contributed by atoms with van der Waals surface area (Å²) in [6.07, 6.45) is 9.28. The minimum absolute atomic E-state index is 0.0973. The molecule has 0 radical (unpaired) electrons. The number of hydrogen-bond donors (Lipinski definition) is 1. The Bertz CT molecular complexity index is 409. The van der Waals surface area contributed by atoms with Crippen molar-refractivity contribution in [3.63, 3.8) is 0 Å². The number of nitrogens with one attached hydrogen (secondary N) is 1. The summed E-state index contributed by atoms with van der Waals surface area (Å²) in [7, 11) is 0. The molecule has 4 nitrogen and oxygen atoms in total. The van der Waals surface area contributed by atoms with E-state index in [1.807, 2.05) is 18.7 Å². The summed E-state index contributed by atoms with van der Waals surface area (Å²) in [5.41, 5.74) is 0. The first kappa shape index (κ1) is 14.9. The molecule has 118 valence electrons. The molecule has 2 aliphatic carbocycles. The Balaban J connectivity index is 1.85. The second-order valence-corrected chi connectivity index (χ2v) is 7.40. The zero-order chi connectivity index (χ0) is 15.0. The first-order valence-corrected chi connectivity index (χ1v) is 8.72. The lowest BCUT2D eigenvalue weighted by molar-refractivity contribution is -0.154. The SMILES string of the molecule is CC(C)C1NC(=O)C(C2CC2)N(C2CCCCCC2)C1=O. The standard InChI is InChI=1S/C17H28N2O2/c1-11(2)14-17(21)19(13-7-5-3-4-6-8-13)15(12-9-10-12)16(20)18-14/h11-15H,3-10H2,1-2H3,(H,18,20). The van der Waals surface area contributed by atoms with E-state index >= 15 is 0 Å². The molecule has 0 spiro atoms. The fraction of sp³-hybridized carbons (Fsp3) is 0.882. The minimum Gasteiger partial charge on any atom is -0.342 e. The Morgan fingerprint density at radius 3 is 2.14 bits per heavy atom. The summed E-state index contributed by atoms with van der Waals surface area (Å²) in [4.78, 5) is 27.6. The average molecular weight is 292 g/mol. The van der Waals surface area contributed by atoms with Crippen LogP contribution < -0.4 is 5.32 Å². The topological polar surface area (TPSA) is 49.4 Å². The molecule has 2 atom stereocenters. The van der Waals surface area contributed by atoms with Crippen molar-refractivity contribution in [1.82, 2.24) is 10.2 Å². The highest BCUT2D eigenvalue weighted by Gasteiger charge is 2.50. The van der Waals surface area contributed by atoms with Crippen LogP contribution >= 0.6 is 0 Å². The molecule has 3 fully saturated rings. The van der Waals surface area contributed by atoms with E-state index < -0.39 is 0 Å². The van der Waals surface area contributed by atoms with E-state index in [0.717, 1.165) is 25.7 Å². The third-order valence-corrected chi connectivity index (χ3v) is 5.34. The van der Waals surface area contributed by atoms with Gasteiger partial charge in [-0.3, -0.25) is 9.59 Å². The zero-order valence-electron chi connectivity index (χ0n) is 13.3. The van der Waals surface area contributed by atoms with Gasteiger partial charge in [-0.25, -0.2) is 0 Å². The van der Waals surface area contributed by atoms with E-state index in [9.17, 15) is 9.59 Å². The molecule has 2 amide bonds. The number of piperazine rings is 1. The van der Waals surface area contributed by atoms with E-state index in [4.69, 9.17) is 0 Å². The molecule has 3 aliphatic rings. The summed E-state index contributed by atoms with van der Waals surface area (Å²) in [5.74, 6) is 0.841. The Hall–Kier alpha value is -1.06. The van der Waals surface area contributed by atoms with Gasteiger partial charge in [0.05, 0.1) is 0 Å². The highest BCUT2D eigenvalue weighted by molar-refractivity contribution is 5.97. The first-order valence-electron chi connectivity index (χ1n) is 8.72. The maximum Gasteiger partial charge on any atom is 0.246 e. The number of hydrogen-bond acceptors (Lipinski definition) is 2. The molecule has 0 aromatic carbocycles. The summed E-state index contributed by atoms with van der Waals surface area (Å²) >= 11 is 0. The lowest BCUT2D eigenvalue weighted by Gasteiger charge is -2.44. The van der Waals surface area contributed by atoms with Gasteiger partial charge in [-0.05, 0) is 37.5 Å². The van der Waals surface area contributed by atoms with Crippen LogP contribution in [0.5, 0.6) is 0 Å². The number of carbonyl (C=O) groups excluding carboxylic acids is 2. The van der Waals surface area contributed by atoms with Crippen LogP contribution in [-0.2, 0) is 9.59 Å². The summed E-state index contributed by atoms with van der Waals surface area (Å²) in [6, 6.07) is -0.218. The van der Waals surface area contributed by atoms with Gasteiger partial charge in [-0.1, -0.05) is 39.5 Å². The van der Waals surface area contributed by atoms with Crippen molar-refractivity contribution in [1.29, 1.82) is 0 Å². The molecule has 0 aromatic heterocycles. The van der Waals surface area contributed by atoms with Crippen molar-refractivity contribution in [2.45, 2.75) is 83.3 Å². The first-order chi connectivity index (χ1) is 10.1. The highest BCUT2D eigenvalue weighted by atomic mass is 16.2. The lowest BCUT2D eigenvalue weighted by atomic mass is 9.92. The van der Waals surface area contributed by atoms with E-state index in [1.165, 1.54) is 25.7 Å². The van der Waals surface area contributed by atoms with Gasteiger partial charge in [0.1, 0.15) is 12.1 Å². The summed E-state index contributed by atoms with van der Waals surface area (Å²) < 4.78 is 0. The number of rotatable bonds is 3. The minimum atomic E-state index is -0.323. The normalized spacial score (nSPS) is 32.2. The predicted octanol–water partition coefficient (Wildman–Crippen LogP) is 2.47. The molecule has 3 rings (SSSR count). The Labute approximate surface area is 127 Å². The third kappa shape index (κ3) is 2.95. The molecule has 1 N–H and O–H groups in total. The number of amides is 2. The second kappa shape index (κ2) is 5.98. The van der Waals surface area contributed by atoms with Crippen LogP contribution in [0.15, 0.2) is 0 Å². The van der Waals surface area contributed by atoms with Crippen molar-refractivity contribution in [2.75, 3.05) is 0 Å². The molecule has 0 bridgehead atoms. The quantitative estimate of drug-likeness (QED) is 0.812. The highest BCUT2D eigenvalue weighted by Crippen LogP contribution is 2.39. The van der Waals surface area contributed by atoms with Crippen molar-refractivity contribution in [2.24, 2.45) is 11.8 Å². The van der Waals surface area contributed by atoms with E-state index in [-0.39, 0.29) is 35.9 Å². The fourth-order valence-electron chi connectivity index (χ4n) is 3.97. The van der Waals surface area contributed by atoms with Crippen molar-refractivity contribution in [3.8, 4) is 0 Å².